The van der Waals surface area contributed by atoms with Crippen LogP contribution in [0.4, 0.5) is 0 Å². The van der Waals surface area contributed by atoms with Crippen LogP contribution in [0.15, 0.2) is 0 Å². The van der Waals surface area contributed by atoms with E-state index in [2.05, 4.69) is 0 Å². The van der Waals surface area contributed by atoms with Crippen LogP contribution >= 0.6 is 0 Å². The fourth-order valence-corrected chi connectivity index (χ4v) is 1.17. The van der Waals surface area contributed by atoms with Gasteiger partial charge in [-0.15, -0.1) is 6.10 Å². The number of rotatable bonds is 4. The third-order valence-electron chi connectivity index (χ3n) is 1.89. The zero-order valence-corrected chi connectivity index (χ0v) is 13.5. The average Bonchev–Trinajstić information content (AvgIpc) is 1.98. The monoisotopic (exact) mass is 334 g/mol. The Labute approximate surface area is 125 Å². The topological polar surface area (TPSA) is 114 Å². The van der Waals surface area contributed by atoms with Gasteiger partial charge in [0, 0.05) is 0 Å². The predicted octanol–water partition coefficient (Wildman–Crippen LogP) is -1.76. The van der Waals surface area contributed by atoms with Crippen molar-refractivity contribution < 1.29 is 55.6 Å². The van der Waals surface area contributed by atoms with Crippen LogP contribution in [0.3, 0.4) is 0 Å². The van der Waals surface area contributed by atoms with E-state index in [0.717, 1.165) is 20.8 Å². The molecule has 6 nitrogen and oxygen atoms in total. The Morgan fingerprint density at radius 1 is 0.889 bits per heavy atom. The fourth-order valence-electron chi connectivity index (χ4n) is 1.17. The molecule has 0 saturated heterocycles. The zero-order chi connectivity index (χ0) is 14.4. The Morgan fingerprint density at radius 2 is 1.06 bits per heavy atom. The summed E-state index contributed by atoms with van der Waals surface area (Å²) in [5.74, 6) is -5.02. The van der Waals surface area contributed by atoms with Gasteiger partial charge in [0.2, 0.25) is 0 Å². The molecule has 18 heavy (non-hydrogen) atoms. The second-order valence-electron chi connectivity index (χ2n) is 3.75. The van der Waals surface area contributed by atoms with Crippen molar-refractivity contribution in [2.75, 3.05) is 0 Å². The van der Waals surface area contributed by atoms with E-state index in [-0.39, 0.29) is 26.2 Å². The number of hydrogen-bond donors (Lipinski definition) is 0. The molecule has 0 atom stereocenters. The second-order valence-corrected chi connectivity index (χ2v) is 3.75. The van der Waals surface area contributed by atoms with Gasteiger partial charge >= 0.3 is 26.2 Å². The maximum atomic E-state index is 10.9. The fraction of sp³-hybridized carbons (Fsp3) is 0.636. The summed E-state index contributed by atoms with van der Waals surface area (Å²) >= 11 is 0. The van der Waals surface area contributed by atoms with E-state index in [9.17, 15) is 29.4 Å². The van der Waals surface area contributed by atoms with Crippen LogP contribution in [0, 0.1) is 5.41 Å². The van der Waals surface area contributed by atoms with E-state index in [4.69, 9.17) is 0 Å². The molecular weight excluding hydrogens is 319 g/mol. The summed E-state index contributed by atoms with van der Waals surface area (Å²) in [6.45, 7) is 5.84. The third kappa shape index (κ3) is 5.78. The number of aliphatic carboxylic acids is 1. The van der Waals surface area contributed by atoms with Crippen molar-refractivity contribution in [2.24, 2.45) is 5.41 Å². The molecule has 0 saturated carbocycles. The van der Waals surface area contributed by atoms with Crippen molar-refractivity contribution in [1.29, 1.82) is 0 Å². The summed E-state index contributed by atoms with van der Waals surface area (Å²) < 4.78 is 0. The molecule has 0 fully saturated rings. The van der Waals surface area contributed by atoms with E-state index >= 15 is 0 Å². The van der Waals surface area contributed by atoms with E-state index < -0.39 is 34.8 Å². The Kier molecular flexibility index (Phi) is 11.6. The molecule has 0 bridgehead atoms. The molecule has 0 aromatic heterocycles. The van der Waals surface area contributed by atoms with Gasteiger partial charge in [0.25, 0.3) is 0 Å². The van der Waals surface area contributed by atoms with Crippen LogP contribution in [-0.2, 0) is 45.4 Å². The maximum absolute atomic E-state index is 10.9. The first-order chi connectivity index (χ1) is 7.51. The average molecular weight is 335 g/mol. The Hall–Kier alpha value is -0.677. The van der Waals surface area contributed by atoms with Crippen molar-refractivity contribution in [2.45, 2.75) is 40.7 Å². The van der Waals surface area contributed by atoms with Gasteiger partial charge in [-0.2, -0.15) is 0 Å². The molecule has 100 valence electrons. The molecule has 0 spiro atoms. The Balaban J connectivity index is -0.000000392. The summed E-state index contributed by atoms with van der Waals surface area (Å²) in [6.07, 6.45) is -0.417. The molecule has 7 heteroatoms. The maximum Gasteiger partial charge on any atom is 2.00 e. The van der Waals surface area contributed by atoms with E-state index in [1.165, 1.54) is 0 Å². The number of ketones is 3. The summed E-state index contributed by atoms with van der Waals surface area (Å²) in [4.78, 5) is 43.4. The second kappa shape index (κ2) is 9.28. The first kappa shape index (κ1) is 22.5. The van der Waals surface area contributed by atoms with Gasteiger partial charge in [-0.25, -0.2) is 0 Å². The summed E-state index contributed by atoms with van der Waals surface area (Å²) in [6, 6.07) is 0. The Bertz CT molecular complexity index is 270. The van der Waals surface area contributed by atoms with Crippen molar-refractivity contribution in [3.05, 3.63) is 0 Å². The van der Waals surface area contributed by atoms with Gasteiger partial charge in [-0.05, 0) is 20.8 Å². The van der Waals surface area contributed by atoms with Crippen LogP contribution in [0.2, 0.25) is 0 Å². The molecule has 0 aromatic rings. The molecule has 0 aromatic carbocycles. The predicted molar refractivity (Wildman–Crippen MR) is 54.6 cm³/mol. The van der Waals surface area contributed by atoms with Crippen LogP contribution in [-0.4, -0.2) is 29.4 Å². The summed E-state index contributed by atoms with van der Waals surface area (Å²) in [7, 11) is 0. The summed E-state index contributed by atoms with van der Waals surface area (Å²) in [5.41, 5.74) is -2.61. The van der Waals surface area contributed by atoms with Gasteiger partial charge in [0.1, 0.15) is 0 Å². The number of hydrogen-bond acceptors (Lipinski definition) is 6. The van der Waals surface area contributed by atoms with Crippen LogP contribution in [0.25, 0.3) is 0 Å². The normalized spacial score (nSPS) is 9.72. The zero-order valence-electron chi connectivity index (χ0n) is 11.0. The van der Waals surface area contributed by atoms with Gasteiger partial charge < -0.3 is 15.0 Å². The standard InChI is InChI=1S/C8H10O5.C3H7O.Zr/c1-4(9)8(5(2)10,6(3)11)7(12)13;1-3(2)4;/h1-3H3,(H,12,13);3H,1-2H3;/q;-1;+2/p-1. The molecule has 0 aliphatic heterocycles. The minimum absolute atomic E-state index is 0. The van der Waals surface area contributed by atoms with Gasteiger partial charge in [0.15, 0.2) is 22.8 Å². The van der Waals surface area contributed by atoms with Crippen LogP contribution in [0.1, 0.15) is 34.6 Å². The molecule has 0 amide bonds. The number of Topliss-reactive ketones (excluding diaryl/α,β-unsaturated/α-hetero) is 3. The molecule has 0 aliphatic rings. The third-order valence-corrected chi connectivity index (χ3v) is 1.89. The number of carboxylic acid groups (broad SMARTS) is 1. The number of carboxylic acids is 1. The molecule has 0 unspecified atom stereocenters. The van der Waals surface area contributed by atoms with Crippen molar-refractivity contribution in [3.8, 4) is 0 Å². The first-order valence-corrected chi connectivity index (χ1v) is 4.91. The van der Waals surface area contributed by atoms with Gasteiger partial charge in [-0.1, -0.05) is 13.8 Å². The largest absolute Gasteiger partial charge is 2.00 e. The molecule has 0 radical (unpaired) electrons. The van der Waals surface area contributed by atoms with Crippen molar-refractivity contribution >= 4 is 23.3 Å². The van der Waals surface area contributed by atoms with Gasteiger partial charge in [-0.3, -0.25) is 14.4 Å². The van der Waals surface area contributed by atoms with E-state index in [1.807, 2.05) is 0 Å². The minimum Gasteiger partial charge on any atom is -0.852 e. The molecular formula is C11H16O6Zr. The summed E-state index contributed by atoms with van der Waals surface area (Å²) in [5, 5.41) is 20.1. The SMILES string of the molecule is CC(=O)C(C(C)=O)(C(C)=O)C(=O)[O-].CC(C)[O-].[Zr+2]. The van der Waals surface area contributed by atoms with Crippen LogP contribution in [0.5, 0.6) is 0 Å². The van der Waals surface area contributed by atoms with Gasteiger partial charge in [0.05, 0.1) is 5.97 Å². The number of carbonyl (C=O) groups excluding carboxylic acids is 4. The molecule has 0 aliphatic carbocycles. The number of carbonyl (C=O) groups is 4. The Morgan fingerprint density at radius 3 is 1.06 bits per heavy atom. The molecule has 0 rings (SSSR count). The minimum atomic E-state index is -2.61. The van der Waals surface area contributed by atoms with E-state index in [1.54, 1.807) is 13.8 Å². The quantitative estimate of drug-likeness (QED) is 0.562. The molecule has 0 heterocycles. The first-order valence-electron chi connectivity index (χ1n) is 4.91. The van der Waals surface area contributed by atoms with Crippen molar-refractivity contribution in [1.82, 2.24) is 0 Å². The smallest absolute Gasteiger partial charge is 0.852 e. The van der Waals surface area contributed by atoms with Crippen LogP contribution < -0.4 is 10.2 Å². The van der Waals surface area contributed by atoms with Crippen molar-refractivity contribution in [3.63, 3.8) is 0 Å². The molecule has 0 N–H and O–H groups in total. The van der Waals surface area contributed by atoms with E-state index in [0.29, 0.717) is 0 Å².